The average Bonchev–Trinajstić information content (AvgIpc) is 2.89. The third-order valence-corrected chi connectivity index (χ3v) is 6.95. The van der Waals surface area contributed by atoms with Crippen LogP contribution in [0.4, 0.5) is 0 Å². The van der Waals surface area contributed by atoms with Gasteiger partial charge < -0.3 is 14.2 Å². The molecular formula is C33H60O3. The first kappa shape index (κ1) is 32.6. The lowest BCUT2D eigenvalue weighted by Crippen LogP contribution is -2.06. The van der Waals surface area contributed by atoms with Crippen LogP contribution in [0.1, 0.15) is 156 Å². The summed E-state index contributed by atoms with van der Waals surface area (Å²) in [5, 5.41) is 0. The second kappa shape index (κ2) is 25.3. The summed E-state index contributed by atoms with van der Waals surface area (Å²) in [4.78, 5) is 0. The summed E-state index contributed by atoms with van der Waals surface area (Å²) in [5.41, 5.74) is 0. The van der Waals surface area contributed by atoms with Gasteiger partial charge in [-0.25, -0.2) is 0 Å². The van der Waals surface area contributed by atoms with Crippen molar-refractivity contribution in [3.05, 3.63) is 18.2 Å². The van der Waals surface area contributed by atoms with E-state index in [0.717, 1.165) is 56.3 Å². The van der Waals surface area contributed by atoms with Crippen molar-refractivity contribution in [1.82, 2.24) is 0 Å². The topological polar surface area (TPSA) is 27.7 Å². The lowest BCUT2D eigenvalue weighted by molar-refractivity contribution is 0.234. The highest BCUT2D eigenvalue weighted by molar-refractivity contribution is 5.51. The molecule has 0 aliphatic carbocycles. The first-order valence-corrected chi connectivity index (χ1v) is 15.8. The fourth-order valence-electron chi connectivity index (χ4n) is 4.58. The highest BCUT2D eigenvalue weighted by atomic mass is 16.5. The smallest absolute Gasteiger partial charge is 0.203 e. The zero-order valence-corrected chi connectivity index (χ0v) is 24.4. The van der Waals surface area contributed by atoms with E-state index in [1.54, 1.807) is 0 Å². The van der Waals surface area contributed by atoms with Crippen molar-refractivity contribution in [3.63, 3.8) is 0 Å². The van der Waals surface area contributed by atoms with Gasteiger partial charge in [0, 0.05) is 0 Å². The first-order valence-electron chi connectivity index (χ1n) is 15.8. The first-order chi connectivity index (χ1) is 17.8. The number of rotatable bonds is 27. The number of ether oxygens (including phenoxy) is 3. The van der Waals surface area contributed by atoms with Crippen LogP contribution in [0.25, 0.3) is 0 Å². The molecule has 0 amide bonds. The Bertz CT molecular complexity index is 548. The quantitative estimate of drug-likeness (QED) is 0.111. The number of para-hydroxylation sites is 1. The summed E-state index contributed by atoms with van der Waals surface area (Å²) in [6.45, 7) is 9.06. The molecule has 0 aliphatic heterocycles. The van der Waals surface area contributed by atoms with Crippen LogP contribution in [0.15, 0.2) is 18.2 Å². The molecule has 0 saturated heterocycles. The molecule has 1 rings (SSSR count). The summed E-state index contributed by atoms with van der Waals surface area (Å²) in [5.74, 6) is 2.51. The summed E-state index contributed by atoms with van der Waals surface area (Å²) in [6, 6.07) is 6.13. The predicted molar refractivity (Wildman–Crippen MR) is 157 cm³/mol. The standard InChI is InChI=1S/C33H60O3/c1-4-7-10-13-16-19-22-28-34-31-26-25-27-32(35-29-23-20-17-14-11-8-5-2)33(31)36-30-24-21-18-15-12-9-6-3/h25-27H,4-24,28-30H2,1-3H3. The van der Waals surface area contributed by atoms with E-state index in [1.807, 2.05) is 18.2 Å². The molecule has 1 aromatic rings. The van der Waals surface area contributed by atoms with E-state index in [0.29, 0.717) is 0 Å². The lowest BCUT2D eigenvalue weighted by Gasteiger charge is -2.17. The minimum atomic E-state index is 0.735. The maximum atomic E-state index is 6.29. The van der Waals surface area contributed by atoms with Gasteiger partial charge >= 0.3 is 0 Å². The van der Waals surface area contributed by atoms with E-state index < -0.39 is 0 Å². The number of hydrogen-bond donors (Lipinski definition) is 0. The summed E-state index contributed by atoms with van der Waals surface area (Å²) in [7, 11) is 0. The molecule has 0 N–H and O–H groups in total. The Hall–Kier alpha value is -1.38. The minimum absolute atomic E-state index is 0.735. The molecule has 0 fully saturated rings. The Morgan fingerprint density at radius 3 is 1.06 bits per heavy atom. The van der Waals surface area contributed by atoms with E-state index in [9.17, 15) is 0 Å². The maximum Gasteiger partial charge on any atom is 0.203 e. The Labute approximate surface area is 225 Å². The fourth-order valence-corrected chi connectivity index (χ4v) is 4.58. The highest BCUT2D eigenvalue weighted by Crippen LogP contribution is 2.38. The van der Waals surface area contributed by atoms with Crippen LogP contribution in [0.5, 0.6) is 17.2 Å². The molecule has 0 bridgehead atoms. The molecule has 36 heavy (non-hydrogen) atoms. The summed E-state index contributed by atoms with van der Waals surface area (Å²) in [6.07, 6.45) is 27.1. The molecule has 0 aliphatic rings. The highest BCUT2D eigenvalue weighted by Gasteiger charge is 2.13. The van der Waals surface area contributed by atoms with Gasteiger partial charge in [0.25, 0.3) is 0 Å². The predicted octanol–water partition coefficient (Wildman–Crippen LogP) is 11.1. The van der Waals surface area contributed by atoms with Crippen molar-refractivity contribution >= 4 is 0 Å². The van der Waals surface area contributed by atoms with Crippen LogP contribution in [0, 0.1) is 0 Å². The molecule has 0 spiro atoms. The van der Waals surface area contributed by atoms with E-state index in [4.69, 9.17) is 14.2 Å². The summed E-state index contributed by atoms with van der Waals surface area (Å²) >= 11 is 0. The minimum Gasteiger partial charge on any atom is -0.490 e. The molecular weight excluding hydrogens is 444 g/mol. The van der Waals surface area contributed by atoms with E-state index >= 15 is 0 Å². The normalized spacial score (nSPS) is 11.1. The molecule has 0 unspecified atom stereocenters. The van der Waals surface area contributed by atoms with Gasteiger partial charge in [0.15, 0.2) is 11.5 Å². The van der Waals surface area contributed by atoms with Crippen LogP contribution >= 0.6 is 0 Å². The van der Waals surface area contributed by atoms with Gasteiger partial charge in [-0.15, -0.1) is 0 Å². The van der Waals surface area contributed by atoms with E-state index in [-0.39, 0.29) is 0 Å². The van der Waals surface area contributed by atoms with Crippen LogP contribution < -0.4 is 14.2 Å². The summed E-state index contributed by atoms with van der Waals surface area (Å²) < 4.78 is 18.7. The van der Waals surface area contributed by atoms with Gasteiger partial charge in [0.2, 0.25) is 5.75 Å². The van der Waals surface area contributed by atoms with Crippen molar-refractivity contribution < 1.29 is 14.2 Å². The molecule has 0 atom stereocenters. The van der Waals surface area contributed by atoms with Crippen LogP contribution in [-0.4, -0.2) is 19.8 Å². The molecule has 3 heteroatoms. The third kappa shape index (κ3) is 18.0. The Morgan fingerprint density at radius 1 is 0.389 bits per heavy atom. The van der Waals surface area contributed by atoms with Crippen LogP contribution in [0.3, 0.4) is 0 Å². The van der Waals surface area contributed by atoms with Crippen molar-refractivity contribution in [2.24, 2.45) is 0 Å². The second-order valence-corrected chi connectivity index (χ2v) is 10.5. The van der Waals surface area contributed by atoms with E-state index in [2.05, 4.69) is 20.8 Å². The van der Waals surface area contributed by atoms with Crippen molar-refractivity contribution in [3.8, 4) is 17.2 Å². The monoisotopic (exact) mass is 504 g/mol. The molecule has 210 valence electrons. The Morgan fingerprint density at radius 2 is 0.694 bits per heavy atom. The van der Waals surface area contributed by atoms with Crippen LogP contribution in [0.2, 0.25) is 0 Å². The van der Waals surface area contributed by atoms with Crippen molar-refractivity contribution in [1.29, 1.82) is 0 Å². The molecule has 0 aromatic heterocycles. The van der Waals surface area contributed by atoms with Crippen molar-refractivity contribution in [2.75, 3.05) is 19.8 Å². The lowest BCUT2D eigenvalue weighted by atomic mass is 10.1. The Balaban J connectivity index is 2.47. The number of unbranched alkanes of at least 4 members (excludes halogenated alkanes) is 18. The van der Waals surface area contributed by atoms with Gasteiger partial charge in [0.1, 0.15) is 0 Å². The maximum absolute atomic E-state index is 6.29. The van der Waals surface area contributed by atoms with Gasteiger partial charge in [-0.3, -0.25) is 0 Å². The van der Waals surface area contributed by atoms with Gasteiger partial charge in [-0.2, -0.15) is 0 Å². The largest absolute Gasteiger partial charge is 0.490 e. The Kier molecular flexibility index (Phi) is 22.9. The van der Waals surface area contributed by atoms with Gasteiger partial charge in [0.05, 0.1) is 19.8 Å². The molecule has 0 heterocycles. The number of hydrogen-bond acceptors (Lipinski definition) is 3. The van der Waals surface area contributed by atoms with Gasteiger partial charge in [-0.05, 0) is 31.4 Å². The molecule has 3 nitrogen and oxygen atoms in total. The zero-order chi connectivity index (χ0) is 25.9. The van der Waals surface area contributed by atoms with Crippen LogP contribution in [-0.2, 0) is 0 Å². The fraction of sp³-hybridized carbons (Fsp3) is 0.818. The number of benzene rings is 1. The molecule has 1 aromatic carbocycles. The van der Waals surface area contributed by atoms with Gasteiger partial charge in [-0.1, -0.05) is 142 Å². The van der Waals surface area contributed by atoms with Crippen molar-refractivity contribution in [2.45, 2.75) is 156 Å². The SMILES string of the molecule is CCCCCCCCCOc1cccc(OCCCCCCCCC)c1OCCCCCCCCC. The van der Waals surface area contributed by atoms with E-state index in [1.165, 1.54) is 116 Å². The second-order valence-electron chi connectivity index (χ2n) is 10.5. The average molecular weight is 505 g/mol. The molecule has 0 saturated carbocycles. The zero-order valence-electron chi connectivity index (χ0n) is 24.4. The molecule has 0 radical (unpaired) electrons. The third-order valence-electron chi connectivity index (χ3n) is 6.95.